The first kappa shape index (κ1) is 17.9. The maximum atomic E-state index is 14.0. The number of ether oxygens (including phenoxy) is 1. The number of hydrogen-bond donors (Lipinski definition) is 0. The average Bonchev–Trinajstić information content (AvgIpc) is 3.03. The molecule has 2 aromatic carbocycles. The van der Waals surface area contributed by atoms with Gasteiger partial charge in [-0.3, -0.25) is 9.59 Å². The summed E-state index contributed by atoms with van der Waals surface area (Å²) < 4.78 is 19.5. The van der Waals surface area contributed by atoms with E-state index < -0.39 is 11.7 Å². The Morgan fingerprint density at radius 1 is 1.23 bits per heavy atom. The lowest BCUT2D eigenvalue weighted by molar-refractivity contribution is -0.124. The highest BCUT2D eigenvalue weighted by molar-refractivity contribution is 6.04. The van der Waals surface area contributed by atoms with Crippen LogP contribution in [0.5, 0.6) is 5.75 Å². The van der Waals surface area contributed by atoms with Gasteiger partial charge in [-0.2, -0.15) is 0 Å². The molecule has 5 nitrogen and oxygen atoms in total. The quantitative estimate of drug-likeness (QED) is 0.826. The monoisotopic (exact) mass is 356 g/mol. The number of carbonyl (C=O) groups excluding carboxylic acids is 2. The number of amides is 2. The Balaban J connectivity index is 1.80. The average molecular weight is 356 g/mol. The number of hydrogen-bond acceptors (Lipinski definition) is 3. The highest BCUT2D eigenvalue weighted by atomic mass is 19.1. The predicted molar refractivity (Wildman–Crippen MR) is 97.9 cm³/mol. The van der Waals surface area contributed by atoms with E-state index in [0.29, 0.717) is 18.0 Å². The van der Waals surface area contributed by atoms with E-state index in [1.54, 1.807) is 35.2 Å². The fraction of sp³-hybridized carbons (Fsp3) is 0.300. The lowest BCUT2D eigenvalue weighted by Gasteiger charge is -2.23. The van der Waals surface area contributed by atoms with E-state index in [-0.39, 0.29) is 30.5 Å². The van der Waals surface area contributed by atoms with Crippen LogP contribution in [0.1, 0.15) is 13.3 Å². The molecule has 1 fully saturated rings. The van der Waals surface area contributed by atoms with Gasteiger partial charge in [-0.25, -0.2) is 4.39 Å². The van der Waals surface area contributed by atoms with Gasteiger partial charge >= 0.3 is 0 Å². The predicted octanol–water partition coefficient (Wildman–Crippen LogP) is 3.24. The SMILES string of the molecule is CCOc1ccccc1N1CC(C(=O)N(C)c2ccccc2F)CC1=O. The minimum Gasteiger partial charge on any atom is -0.492 e. The molecule has 3 rings (SSSR count). The number of carbonyl (C=O) groups is 2. The lowest BCUT2D eigenvalue weighted by Crippen LogP contribution is -2.35. The maximum absolute atomic E-state index is 14.0. The molecule has 1 aliphatic rings. The van der Waals surface area contributed by atoms with E-state index >= 15 is 0 Å². The molecule has 1 saturated heterocycles. The third kappa shape index (κ3) is 3.40. The number of benzene rings is 2. The minimum absolute atomic E-state index is 0.0953. The van der Waals surface area contributed by atoms with Gasteiger partial charge in [-0.15, -0.1) is 0 Å². The van der Waals surface area contributed by atoms with E-state index in [4.69, 9.17) is 4.74 Å². The van der Waals surface area contributed by atoms with E-state index in [9.17, 15) is 14.0 Å². The zero-order valence-electron chi connectivity index (χ0n) is 14.8. The molecule has 0 aromatic heterocycles. The van der Waals surface area contributed by atoms with Crippen molar-refractivity contribution < 1.29 is 18.7 Å². The van der Waals surface area contributed by atoms with Crippen LogP contribution in [-0.4, -0.2) is 32.0 Å². The normalized spacial score (nSPS) is 16.7. The highest BCUT2D eigenvalue weighted by Gasteiger charge is 2.38. The van der Waals surface area contributed by atoms with Crippen LogP contribution in [0, 0.1) is 11.7 Å². The van der Waals surface area contributed by atoms with Gasteiger partial charge in [-0.1, -0.05) is 24.3 Å². The van der Waals surface area contributed by atoms with Crippen LogP contribution >= 0.6 is 0 Å². The summed E-state index contributed by atoms with van der Waals surface area (Å²) in [4.78, 5) is 28.1. The molecule has 0 radical (unpaired) electrons. The van der Waals surface area contributed by atoms with Crippen molar-refractivity contribution in [3.05, 3.63) is 54.3 Å². The number of nitrogens with zero attached hydrogens (tertiary/aromatic N) is 2. The first-order valence-electron chi connectivity index (χ1n) is 8.57. The number of para-hydroxylation sites is 3. The molecular formula is C20H21FN2O3. The summed E-state index contributed by atoms with van der Waals surface area (Å²) in [6.07, 6.45) is 0.0953. The van der Waals surface area contributed by atoms with Gasteiger partial charge in [0, 0.05) is 20.0 Å². The molecule has 2 aromatic rings. The summed E-state index contributed by atoms with van der Waals surface area (Å²) in [5.74, 6) is -0.802. The van der Waals surface area contributed by atoms with Gasteiger partial charge in [0.15, 0.2) is 0 Å². The standard InChI is InChI=1S/C20H21FN2O3/c1-3-26-18-11-7-6-10-17(18)23-13-14(12-19(23)24)20(25)22(2)16-9-5-4-8-15(16)21/h4-11,14H,3,12-13H2,1-2H3. The Morgan fingerprint density at radius 2 is 1.92 bits per heavy atom. The Hall–Kier alpha value is -2.89. The molecule has 1 atom stereocenters. The lowest BCUT2D eigenvalue weighted by atomic mass is 10.1. The summed E-state index contributed by atoms with van der Waals surface area (Å²) in [5.41, 5.74) is 0.862. The first-order valence-corrected chi connectivity index (χ1v) is 8.57. The molecule has 2 amide bonds. The van der Waals surface area contributed by atoms with E-state index in [1.165, 1.54) is 18.0 Å². The Morgan fingerprint density at radius 3 is 2.65 bits per heavy atom. The summed E-state index contributed by atoms with van der Waals surface area (Å²) in [6, 6.07) is 13.4. The third-order valence-corrected chi connectivity index (χ3v) is 4.47. The largest absolute Gasteiger partial charge is 0.492 e. The van der Waals surface area contributed by atoms with Gasteiger partial charge < -0.3 is 14.5 Å². The molecule has 0 saturated carbocycles. The van der Waals surface area contributed by atoms with Crippen molar-refractivity contribution in [1.82, 2.24) is 0 Å². The van der Waals surface area contributed by atoms with E-state index in [0.717, 1.165) is 0 Å². The van der Waals surface area contributed by atoms with Crippen molar-refractivity contribution in [2.45, 2.75) is 13.3 Å². The topological polar surface area (TPSA) is 49.9 Å². The van der Waals surface area contributed by atoms with Crippen LogP contribution in [-0.2, 0) is 9.59 Å². The molecule has 1 aliphatic heterocycles. The van der Waals surface area contributed by atoms with Gasteiger partial charge in [0.05, 0.1) is 23.9 Å². The van der Waals surface area contributed by atoms with Crippen LogP contribution in [0.3, 0.4) is 0 Å². The second-order valence-corrected chi connectivity index (χ2v) is 6.15. The molecule has 1 heterocycles. The van der Waals surface area contributed by atoms with Gasteiger partial charge in [-0.05, 0) is 31.2 Å². The van der Waals surface area contributed by atoms with Crippen molar-refractivity contribution in [2.24, 2.45) is 5.92 Å². The van der Waals surface area contributed by atoms with Crippen molar-refractivity contribution in [2.75, 3.05) is 30.0 Å². The Bertz CT molecular complexity index is 824. The molecular weight excluding hydrogens is 335 g/mol. The van der Waals surface area contributed by atoms with Crippen molar-refractivity contribution in [3.63, 3.8) is 0 Å². The fourth-order valence-electron chi connectivity index (χ4n) is 3.18. The molecule has 0 spiro atoms. The van der Waals surface area contributed by atoms with Crippen LogP contribution in [0.4, 0.5) is 15.8 Å². The van der Waals surface area contributed by atoms with Crippen LogP contribution in [0.2, 0.25) is 0 Å². The van der Waals surface area contributed by atoms with Crippen LogP contribution in [0.25, 0.3) is 0 Å². The highest BCUT2D eigenvalue weighted by Crippen LogP contribution is 2.34. The molecule has 136 valence electrons. The second-order valence-electron chi connectivity index (χ2n) is 6.15. The molecule has 0 aliphatic carbocycles. The van der Waals surface area contributed by atoms with Crippen LogP contribution in [0.15, 0.2) is 48.5 Å². The summed E-state index contributed by atoms with van der Waals surface area (Å²) in [5, 5.41) is 0. The molecule has 0 N–H and O–H groups in total. The van der Waals surface area contributed by atoms with Crippen molar-refractivity contribution in [3.8, 4) is 5.75 Å². The van der Waals surface area contributed by atoms with Crippen molar-refractivity contribution >= 4 is 23.2 Å². The smallest absolute Gasteiger partial charge is 0.232 e. The summed E-state index contributed by atoms with van der Waals surface area (Å²) >= 11 is 0. The van der Waals surface area contributed by atoms with Crippen LogP contribution < -0.4 is 14.5 Å². The van der Waals surface area contributed by atoms with E-state index in [1.807, 2.05) is 19.1 Å². The second kappa shape index (κ2) is 7.56. The van der Waals surface area contributed by atoms with Crippen molar-refractivity contribution in [1.29, 1.82) is 0 Å². The van der Waals surface area contributed by atoms with Gasteiger partial charge in [0.2, 0.25) is 11.8 Å². The van der Waals surface area contributed by atoms with E-state index in [2.05, 4.69) is 0 Å². The molecule has 26 heavy (non-hydrogen) atoms. The molecule has 6 heteroatoms. The zero-order chi connectivity index (χ0) is 18.7. The number of halogens is 1. The zero-order valence-corrected chi connectivity index (χ0v) is 14.8. The fourth-order valence-corrected chi connectivity index (χ4v) is 3.18. The molecule has 1 unspecified atom stereocenters. The van der Waals surface area contributed by atoms with Gasteiger partial charge in [0.25, 0.3) is 0 Å². The Labute approximate surface area is 152 Å². The van der Waals surface area contributed by atoms with Gasteiger partial charge in [0.1, 0.15) is 11.6 Å². The number of anilines is 2. The third-order valence-electron chi connectivity index (χ3n) is 4.47. The summed E-state index contributed by atoms with van der Waals surface area (Å²) in [7, 11) is 1.53. The molecule has 0 bridgehead atoms. The Kier molecular flexibility index (Phi) is 5.21. The minimum atomic E-state index is -0.526. The first-order chi connectivity index (χ1) is 12.5. The summed E-state index contributed by atoms with van der Waals surface area (Å²) in [6.45, 7) is 2.61. The number of rotatable bonds is 5. The maximum Gasteiger partial charge on any atom is 0.232 e.